The molecule has 1 aliphatic heterocycles. The minimum atomic E-state index is -0.451. The molecule has 1 aromatic carbocycles. The van der Waals surface area contributed by atoms with Crippen molar-refractivity contribution in [3.8, 4) is 0 Å². The first kappa shape index (κ1) is 23.6. The number of hydrogen-bond donors (Lipinski definition) is 0. The summed E-state index contributed by atoms with van der Waals surface area (Å²) in [6.07, 6.45) is 3.57. The summed E-state index contributed by atoms with van der Waals surface area (Å²) in [5, 5.41) is 0.136. The standard InChI is InChI=1S/C22H27ClFN3O.ClH/c1-3-11-27-12-9-18(10-13-27)26(2)22-6-4-5-17(25-22)15-21(28)19-8-7-16(24)14-20(19)23;/h4-8,14,18H,3,9-13,15H2,1-2H3;1H. The second-order valence-electron chi connectivity index (χ2n) is 7.39. The van der Waals surface area contributed by atoms with Gasteiger partial charge in [-0.2, -0.15) is 0 Å². The fraction of sp³-hybridized carbons (Fsp3) is 0.455. The molecule has 2 aromatic rings. The second-order valence-corrected chi connectivity index (χ2v) is 7.80. The van der Waals surface area contributed by atoms with Gasteiger partial charge in [0.2, 0.25) is 0 Å². The predicted octanol–water partition coefficient (Wildman–Crippen LogP) is 5.03. The van der Waals surface area contributed by atoms with Gasteiger partial charge in [-0.05, 0) is 56.1 Å². The number of Topliss-reactive ketones (excluding diaryl/α,β-unsaturated/α-hetero) is 1. The van der Waals surface area contributed by atoms with E-state index in [4.69, 9.17) is 16.6 Å². The van der Waals surface area contributed by atoms with Gasteiger partial charge in [0.1, 0.15) is 11.6 Å². The van der Waals surface area contributed by atoms with Gasteiger partial charge in [0.25, 0.3) is 0 Å². The number of ketones is 1. The van der Waals surface area contributed by atoms with E-state index in [0.29, 0.717) is 17.3 Å². The number of likely N-dealkylation sites (tertiary alicyclic amines) is 1. The van der Waals surface area contributed by atoms with Crippen LogP contribution in [0.1, 0.15) is 42.2 Å². The molecule has 7 heteroatoms. The number of nitrogens with zero attached hydrogens (tertiary/aromatic N) is 3. The van der Waals surface area contributed by atoms with Crippen LogP contribution in [0.4, 0.5) is 10.2 Å². The number of piperidine rings is 1. The van der Waals surface area contributed by atoms with E-state index in [9.17, 15) is 9.18 Å². The van der Waals surface area contributed by atoms with Crippen LogP contribution in [0.25, 0.3) is 0 Å². The van der Waals surface area contributed by atoms with Crippen LogP contribution in [0.2, 0.25) is 5.02 Å². The smallest absolute Gasteiger partial charge is 0.170 e. The fourth-order valence-electron chi connectivity index (χ4n) is 3.77. The van der Waals surface area contributed by atoms with Gasteiger partial charge in [0, 0.05) is 31.7 Å². The number of benzene rings is 1. The minimum Gasteiger partial charge on any atom is -0.357 e. The molecule has 0 saturated carbocycles. The maximum absolute atomic E-state index is 13.2. The average molecular weight is 440 g/mol. The summed E-state index contributed by atoms with van der Waals surface area (Å²) >= 11 is 6.01. The third-order valence-electron chi connectivity index (χ3n) is 5.37. The van der Waals surface area contributed by atoms with Crippen molar-refractivity contribution in [2.24, 2.45) is 0 Å². The zero-order valence-electron chi connectivity index (χ0n) is 16.9. The van der Waals surface area contributed by atoms with E-state index in [1.807, 2.05) is 18.2 Å². The van der Waals surface area contributed by atoms with Crippen molar-refractivity contribution >= 4 is 35.6 Å². The molecule has 1 aliphatic rings. The van der Waals surface area contributed by atoms with Crippen molar-refractivity contribution in [2.45, 2.75) is 38.6 Å². The van der Waals surface area contributed by atoms with Gasteiger partial charge < -0.3 is 9.80 Å². The molecule has 0 spiro atoms. The van der Waals surface area contributed by atoms with Gasteiger partial charge >= 0.3 is 0 Å². The highest BCUT2D eigenvalue weighted by Gasteiger charge is 2.23. The van der Waals surface area contributed by atoms with Gasteiger partial charge in [0.05, 0.1) is 17.1 Å². The summed E-state index contributed by atoms with van der Waals surface area (Å²) in [5.74, 6) is 0.267. The predicted molar refractivity (Wildman–Crippen MR) is 119 cm³/mol. The summed E-state index contributed by atoms with van der Waals surface area (Å²) in [7, 11) is 2.07. The SMILES string of the molecule is CCCN1CCC(N(C)c2cccc(CC(=O)c3ccc(F)cc3Cl)n2)CC1.Cl. The van der Waals surface area contributed by atoms with Crippen molar-refractivity contribution < 1.29 is 9.18 Å². The number of carbonyl (C=O) groups is 1. The molecule has 3 rings (SSSR count). The molecule has 2 heterocycles. The van der Waals surface area contributed by atoms with E-state index < -0.39 is 5.82 Å². The first-order valence-electron chi connectivity index (χ1n) is 9.87. The van der Waals surface area contributed by atoms with Crippen LogP contribution < -0.4 is 4.90 Å². The number of aromatic nitrogens is 1. The maximum atomic E-state index is 13.2. The van der Waals surface area contributed by atoms with Gasteiger partial charge in [-0.25, -0.2) is 9.37 Å². The van der Waals surface area contributed by atoms with E-state index in [0.717, 1.165) is 44.4 Å². The lowest BCUT2D eigenvalue weighted by molar-refractivity contribution is 0.0992. The Hall–Kier alpha value is -1.69. The van der Waals surface area contributed by atoms with Gasteiger partial charge in [-0.15, -0.1) is 12.4 Å². The van der Waals surface area contributed by atoms with Crippen LogP contribution in [0.3, 0.4) is 0 Å². The van der Waals surface area contributed by atoms with Crippen LogP contribution in [-0.4, -0.2) is 48.4 Å². The Morgan fingerprint density at radius 3 is 2.66 bits per heavy atom. The van der Waals surface area contributed by atoms with Crippen molar-refractivity contribution in [1.82, 2.24) is 9.88 Å². The molecule has 1 fully saturated rings. The summed E-state index contributed by atoms with van der Waals surface area (Å²) in [4.78, 5) is 22.0. The number of pyridine rings is 1. The molecule has 158 valence electrons. The first-order chi connectivity index (χ1) is 13.5. The fourth-order valence-corrected chi connectivity index (χ4v) is 4.04. The topological polar surface area (TPSA) is 36.4 Å². The van der Waals surface area contributed by atoms with Gasteiger partial charge in [-0.1, -0.05) is 24.6 Å². The Morgan fingerprint density at radius 2 is 2.00 bits per heavy atom. The lowest BCUT2D eigenvalue weighted by atomic mass is 10.0. The quantitative estimate of drug-likeness (QED) is 0.566. The average Bonchev–Trinajstić information content (AvgIpc) is 2.68. The maximum Gasteiger partial charge on any atom is 0.170 e. The molecule has 0 amide bonds. The van der Waals surface area contributed by atoms with Gasteiger partial charge in [0.15, 0.2) is 5.78 Å². The Morgan fingerprint density at radius 1 is 1.28 bits per heavy atom. The van der Waals surface area contributed by atoms with Crippen LogP contribution in [0.15, 0.2) is 36.4 Å². The van der Waals surface area contributed by atoms with Crippen molar-refractivity contribution in [3.63, 3.8) is 0 Å². The Bertz CT molecular complexity index is 825. The van der Waals surface area contributed by atoms with Crippen molar-refractivity contribution in [1.29, 1.82) is 0 Å². The van der Waals surface area contributed by atoms with E-state index in [1.54, 1.807) is 0 Å². The molecule has 1 saturated heterocycles. The summed E-state index contributed by atoms with van der Waals surface area (Å²) in [5.41, 5.74) is 1.02. The Balaban J connectivity index is 0.00000300. The lowest BCUT2D eigenvalue weighted by Gasteiger charge is -2.37. The molecule has 0 unspecified atom stereocenters. The number of halogens is 3. The van der Waals surface area contributed by atoms with Crippen LogP contribution >= 0.6 is 24.0 Å². The third kappa shape index (κ3) is 6.14. The van der Waals surface area contributed by atoms with E-state index in [-0.39, 0.29) is 29.6 Å². The molecular weight excluding hydrogens is 412 g/mol. The molecular formula is C22H28Cl2FN3O. The molecule has 0 bridgehead atoms. The van der Waals surface area contributed by atoms with Crippen molar-refractivity contribution in [2.75, 3.05) is 31.6 Å². The minimum absolute atomic E-state index is 0. The first-order valence-corrected chi connectivity index (χ1v) is 10.2. The summed E-state index contributed by atoms with van der Waals surface area (Å²) in [6.45, 7) is 5.61. The number of anilines is 1. The highest BCUT2D eigenvalue weighted by Crippen LogP contribution is 2.22. The molecule has 0 atom stereocenters. The molecule has 0 N–H and O–H groups in total. The summed E-state index contributed by atoms with van der Waals surface area (Å²) in [6, 6.07) is 10.1. The largest absolute Gasteiger partial charge is 0.357 e. The molecule has 29 heavy (non-hydrogen) atoms. The second kappa shape index (κ2) is 10.9. The van der Waals surface area contributed by atoms with Crippen LogP contribution in [-0.2, 0) is 6.42 Å². The van der Waals surface area contributed by atoms with E-state index >= 15 is 0 Å². The molecule has 0 aliphatic carbocycles. The van der Waals surface area contributed by atoms with E-state index in [1.165, 1.54) is 18.6 Å². The molecule has 4 nitrogen and oxygen atoms in total. The number of rotatable bonds is 7. The summed E-state index contributed by atoms with van der Waals surface area (Å²) < 4.78 is 13.2. The van der Waals surface area contributed by atoms with Gasteiger partial charge in [-0.3, -0.25) is 4.79 Å². The monoisotopic (exact) mass is 439 g/mol. The molecule has 1 aromatic heterocycles. The van der Waals surface area contributed by atoms with E-state index in [2.05, 4.69) is 23.8 Å². The zero-order valence-corrected chi connectivity index (χ0v) is 18.5. The Kier molecular flexibility index (Phi) is 8.87. The highest BCUT2D eigenvalue weighted by atomic mass is 35.5. The Labute approximate surface area is 183 Å². The molecule has 0 radical (unpaired) electrons. The highest BCUT2D eigenvalue weighted by molar-refractivity contribution is 6.34. The third-order valence-corrected chi connectivity index (χ3v) is 5.68. The van der Waals surface area contributed by atoms with Crippen LogP contribution in [0, 0.1) is 5.82 Å². The lowest BCUT2D eigenvalue weighted by Crippen LogP contribution is -2.43. The zero-order chi connectivity index (χ0) is 20.1. The number of carbonyl (C=O) groups excluding carboxylic acids is 1. The van der Waals surface area contributed by atoms with Crippen molar-refractivity contribution in [3.05, 3.63) is 58.5 Å². The van der Waals surface area contributed by atoms with Crippen LogP contribution in [0.5, 0.6) is 0 Å². The number of hydrogen-bond acceptors (Lipinski definition) is 4. The normalized spacial score (nSPS) is 15.0.